The lowest BCUT2D eigenvalue weighted by Gasteiger charge is -2.10. The molecule has 0 aliphatic rings. The molecule has 0 saturated heterocycles. The van der Waals surface area contributed by atoms with Crippen LogP contribution in [0.15, 0.2) is 78.9 Å². The molecule has 0 heterocycles. The zero-order valence-electron chi connectivity index (χ0n) is 15.1. The summed E-state index contributed by atoms with van der Waals surface area (Å²) in [5.74, 6) is 0.459. The number of carbonyl (C=O) groups excluding carboxylic acids is 1. The topological polar surface area (TPSA) is 59.6 Å². The van der Waals surface area contributed by atoms with Crippen LogP contribution in [-0.4, -0.2) is 13.1 Å². The van der Waals surface area contributed by atoms with Crippen molar-refractivity contribution in [1.82, 2.24) is 5.43 Å². The highest BCUT2D eigenvalue weighted by Gasteiger charge is 2.04. The highest BCUT2D eigenvalue weighted by atomic mass is 16.5. The van der Waals surface area contributed by atoms with Gasteiger partial charge < -0.3 is 14.9 Å². The fraction of sp³-hybridized carbons (Fsp3) is 0.136. The number of carbonyl (C=O) groups is 1. The number of methoxy groups -OCH3 is 1. The lowest BCUT2D eigenvalue weighted by molar-refractivity contribution is 0.0600. The molecule has 3 rings (SSSR count). The number of anilines is 1. The van der Waals surface area contributed by atoms with Crippen molar-refractivity contribution in [2.45, 2.75) is 13.2 Å². The van der Waals surface area contributed by atoms with Crippen LogP contribution in [0.2, 0.25) is 0 Å². The molecular weight excluding hydrogens is 340 g/mol. The van der Waals surface area contributed by atoms with Crippen LogP contribution in [0.5, 0.6) is 5.75 Å². The molecule has 5 heteroatoms. The third-order valence-corrected chi connectivity index (χ3v) is 4.00. The third kappa shape index (κ3) is 5.59. The van der Waals surface area contributed by atoms with Gasteiger partial charge in [-0.1, -0.05) is 42.5 Å². The number of hydrogen-bond acceptors (Lipinski definition) is 5. The van der Waals surface area contributed by atoms with Crippen molar-refractivity contribution in [3.05, 3.63) is 95.6 Å². The van der Waals surface area contributed by atoms with Crippen molar-refractivity contribution < 1.29 is 14.3 Å². The molecule has 0 atom stereocenters. The summed E-state index contributed by atoms with van der Waals surface area (Å²) in [5, 5.41) is 0. The van der Waals surface area contributed by atoms with Crippen LogP contribution in [0.3, 0.4) is 0 Å². The van der Waals surface area contributed by atoms with Crippen LogP contribution in [0, 0.1) is 0 Å². The van der Waals surface area contributed by atoms with Crippen molar-refractivity contribution in [1.29, 1.82) is 0 Å². The number of benzene rings is 3. The van der Waals surface area contributed by atoms with Crippen molar-refractivity contribution >= 4 is 11.7 Å². The monoisotopic (exact) mass is 362 g/mol. The van der Waals surface area contributed by atoms with E-state index in [0.29, 0.717) is 18.7 Å². The highest BCUT2D eigenvalue weighted by molar-refractivity contribution is 5.89. The fourth-order valence-electron chi connectivity index (χ4n) is 2.49. The van der Waals surface area contributed by atoms with Crippen molar-refractivity contribution in [2.24, 2.45) is 0 Å². The summed E-state index contributed by atoms with van der Waals surface area (Å²) in [7, 11) is 1.37. The summed E-state index contributed by atoms with van der Waals surface area (Å²) in [6.07, 6.45) is 0. The highest BCUT2D eigenvalue weighted by Crippen LogP contribution is 2.15. The average molecular weight is 362 g/mol. The van der Waals surface area contributed by atoms with Crippen LogP contribution in [0.4, 0.5) is 5.69 Å². The minimum absolute atomic E-state index is 0.339. The molecule has 0 aliphatic carbocycles. The Bertz CT molecular complexity index is 847. The molecule has 0 aromatic heterocycles. The molecule has 27 heavy (non-hydrogen) atoms. The van der Waals surface area contributed by atoms with Gasteiger partial charge in [0, 0.05) is 12.2 Å². The first-order valence-corrected chi connectivity index (χ1v) is 8.67. The quantitative estimate of drug-likeness (QED) is 0.465. The Balaban J connectivity index is 1.45. The molecule has 0 amide bonds. The number of hydrazine groups is 1. The molecule has 0 radical (unpaired) electrons. The molecule has 0 fully saturated rings. The summed E-state index contributed by atoms with van der Waals surface area (Å²) in [6, 6.07) is 25.1. The Kier molecular flexibility index (Phi) is 6.44. The van der Waals surface area contributed by atoms with E-state index < -0.39 is 0 Å². The van der Waals surface area contributed by atoms with Gasteiger partial charge in [0.25, 0.3) is 0 Å². The van der Waals surface area contributed by atoms with Crippen LogP contribution in [-0.2, 0) is 17.9 Å². The normalized spacial score (nSPS) is 10.3. The SMILES string of the molecule is COC(=O)c1ccc(COc2ccc(CNNc3ccccc3)cc2)cc1. The molecule has 0 spiro atoms. The van der Waals surface area contributed by atoms with Crippen LogP contribution < -0.4 is 15.6 Å². The first-order chi connectivity index (χ1) is 13.2. The maximum atomic E-state index is 11.4. The molecule has 138 valence electrons. The van der Waals surface area contributed by atoms with E-state index in [0.717, 1.165) is 22.6 Å². The molecule has 0 saturated carbocycles. The van der Waals surface area contributed by atoms with Gasteiger partial charge in [0.05, 0.1) is 12.7 Å². The van der Waals surface area contributed by atoms with Crippen LogP contribution in [0.1, 0.15) is 21.5 Å². The Morgan fingerprint density at radius 1 is 0.852 bits per heavy atom. The second-order valence-electron chi connectivity index (χ2n) is 5.97. The Morgan fingerprint density at radius 2 is 1.52 bits per heavy atom. The van der Waals surface area contributed by atoms with E-state index in [-0.39, 0.29) is 5.97 Å². The molecule has 0 bridgehead atoms. The molecule has 2 N–H and O–H groups in total. The molecule has 0 unspecified atom stereocenters. The van der Waals surface area contributed by atoms with Crippen LogP contribution in [0.25, 0.3) is 0 Å². The van der Waals surface area contributed by atoms with Crippen molar-refractivity contribution in [3.63, 3.8) is 0 Å². The Labute approximate surface area is 158 Å². The van der Waals surface area contributed by atoms with Gasteiger partial charge in [-0.2, -0.15) is 0 Å². The number of hydrogen-bond donors (Lipinski definition) is 2. The predicted molar refractivity (Wildman–Crippen MR) is 105 cm³/mol. The van der Waals surface area contributed by atoms with Gasteiger partial charge >= 0.3 is 5.97 Å². The summed E-state index contributed by atoms with van der Waals surface area (Å²) >= 11 is 0. The second kappa shape index (κ2) is 9.40. The summed E-state index contributed by atoms with van der Waals surface area (Å²) in [5.41, 5.74) is 10.0. The second-order valence-corrected chi connectivity index (χ2v) is 5.97. The lowest BCUT2D eigenvalue weighted by atomic mass is 10.1. The first-order valence-electron chi connectivity index (χ1n) is 8.67. The van der Waals surface area contributed by atoms with E-state index in [1.54, 1.807) is 12.1 Å². The Hall–Kier alpha value is -3.31. The maximum absolute atomic E-state index is 11.4. The smallest absolute Gasteiger partial charge is 0.337 e. The number of ether oxygens (including phenoxy) is 2. The minimum atomic E-state index is -0.339. The molecule has 0 aliphatic heterocycles. The van der Waals surface area contributed by atoms with Gasteiger partial charge in [0.15, 0.2) is 0 Å². The number of esters is 1. The van der Waals surface area contributed by atoms with E-state index in [1.165, 1.54) is 7.11 Å². The predicted octanol–water partition coefficient (Wildman–Crippen LogP) is 4.17. The van der Waals surface area contributed by atoms with Gasteiger partial charge in [-0.3, -0.25) is 0 Å². The Morgan fingerprint density at radius 3 is 2.19 bits per heavy atom. The molecule has 3 aromatic rings. The van der Waals surface area contributed by atoms with Gasteiger partial charge in [0.2, 0.25) is 0 Å². The minimum Gasteiger partial charge on any atom is -0.489 e. The average Bonchev–Trinajstić information content (AvgIpc) is 2.74. The van der Waals surface area contributed by atoms with Crippen LogP contribution >= 0.6 is 0 Å². The zero-order chi connectivity index (χ0) is 18.9. The number of para-hydroxylation sites is 1. The largest absolute Gasteiger partial charge is 0.489 e. The van der Waals surface area contributed by atoms with Gasteiger partial charge in [-0.05, 0) is 47.5 Å². The van der Waals surface area contributed by atoms with E-state index in [4.69, 9.17) is 4.74 Å². The molecule has 5 nitrogen and oxygen atoms in total. The van der Waals surface area contributed by atoms with Gasteiger partial charge in [0.1, 0.15) is 12.4 Å². The van der Waals surface area contributed by atoms with E-state index in [9.17, 15) is 4.79 Å². The zero-order valence-corrected chi connectivity index (χ0v) is 15.1. The van der Waals surface area contributed by atoms with Gasteiger partial charge in [-0.15, -0.1) is 0 Å². The molecule has 3 aromatic carbocycles. The fourth-order valence-corrected chi connectivity index (χ4v) is 2.49. The van der Waals surface area contributed by atoms with Gasteiger partial charge in [-0.25, -0.2) is 10.2 Å². The van der Waals surface area contributed by atoms with E-state index >= 15 is 0 Å². The van der Waals surface area contributed by atoms with Crippen molar-refractivity contribution in [3.8, 4) is 5.75 Å². The standard InChI is InChI=1S/C22H22N2O3/c1-26-22(25)19-11-7-18(8-12-19)16-27-21-13-9-17(10-14-21)15-23-24-20-5-3-2-4-6-20/h2-14,23-24H,15-16H2,1H3. The van der Waals surface area contributed by atoms with Crippen molar-refractivity contribution in [2.75, 3.05) is 12.5 Å². The third-order valence-electron chi connectivity index (χ3n) is 4.00. The summed E-state index contributed by atoms with van der Waals surface area (Å²) in [6.45, 7) is 1.14. The molecular formula is C22H22N2O3. The summed E-state index contributed by atoms with van der Waals surface area (Å²) in [4.78, 5) is 11.4. The summed E-state index contributed by atoms with van der Waals surface area (Å²) < 4.78 is 10.5. The lowest BCUT2D eigenvalue weighted by Crippen LogP contribution is -2.20. The number of nitrogens with one attached hydrogen (secondary N) is 2. The number of rotatable bonds is 8. The van der Waals surface area contributed by atoms with E-state index in [1.807, 2.05) is 66.7 Å². The first kappa shape index (κ1) is 18.5. The maximum Gasteiger partial charge on any atom is 0.337 e. The van der Waals surface area contributed by atoms with E-state index in [2.05, 4.69) is 15.6 Å².